The Morgan fingerprint density at radius 3 is 2.31 bits per heavy atom. The van der Waals surface area contributed by atoms with E-state index in [4.69, 9.17) is 14.9 Å². The summed E-state index contributed by atoms with van der Waals surface area (Å²) in [6.07, 6.45) is 0. The largest absolute Gasteiger partial charge is 0.478 e. The van der Waals surface area contributed by atoms with Gasteiger partial charge in [0, 0.05) is 13.2 Å². The molecule has 0 spiro atoms. The van der Waals surface area contributed by atoms with Crippen LogP contribution in [0, 0.1) is 0 Å². The van der Waals surface area contributed by atoms with E-state index in [1.54, 1.807) is 12.1 Å². The van der Waals surface area contributed by atoms with Crippen molar-refractivity contribution < 1.29 is 19.7 Å². The molecule has 16 heavy (non-hydrogen) atoms. The third kappa shape index (κ3) is 6.16. The van der Waals surface area contributed by atoms with Crippen LogP contribution in [0.2, 0.25) is 0 Å². The van der Waals surface area contributed by atoms with Gasteiger partial charge in [0.1, 0.15) is 0 Å². The van der Waals surface area contributed by atoms with Crippen molar-refractivity contribution in [3.8, 4) is 0 Å². The molecule has 0 aliphatic heterocycles. The fourth-order valence-electron chi connectivity index (χ4n) is 1.01. The fourth-order valence-corrected chi connectivity index (χ4v) is 1.01. The number of carboxylic acids is 1. The fraction of sp³-hybridized carbons (Fsp3) is 0.417. The van der Waals surface area contributed by atoms with Gasteiger partial charge in [-0.15, -0.1) is 0 Å². The molecule has 0 aliphatic carbocycles. The molecule has 0 heterocycles. The van der Waals surface area contributed by atoms with Crippen molar-refractivity contribution in [1.82, 2.24) is 0 Å². The second-order valence-electron chi connectivity index (χ2n) is 2.95. The summed E-state index contributed by atoms with van der Waals surface area (Å²) in [5.74, 6) is -0.972. The first-order chi connectivity index (χ1) is 7.65. The minimum Gasteiger partial charge on any atom is -0.478 e. The van der Waals surface area contributed by atoms with Crippen LogP contribution in [-0.2, 0) is 11.3 Å². The monoisotopic (exact) mass is 226 g/mol. The lowest BCUT2D eigenvalue weighted by Crippen LogP contribution is -1.96. The van der Waals surface area contributed by atoms with E-state index in [9.17, 15) is 4.79 Å². The van der Waals surface area contributed by atoms with Gasteiger partial charge < -0.3 is 14.9 Å². The van der Waals surface area contributed by atoms with Crippen LogP contribution in [0.5, 0.6) is 0 Å². The van der Waals surface area contributed by atoms with E-state index in [0.29, 0.717) is 5.56 Å². The Labute approximate surface area is 95.5 Å². The van der Waals surface area contributed by atoms with Crippen molar-refractivity contribution >= 4 is 5.97 Å². The summed E-state index contributed by atoms with van der Waals surface area (Å²) >= 11 is 0. The van der Waals surface area contributed by atoms with Gasteiger partial charge >= 0.3 is 5.97 Å². The highest BCUT2D eigenvalue weighted by molar-refractivity contribution is 5.87. The average Bonchev–Trinajstić information content (AvgIpc) is 2.31. The summed E-state index contributed by atoms with van der Waals surface area (Å²) < 4.78 is 4.83. The molecule has 1 aromatic carbocycles. The first-order valence-electron chi connectivity index (χ1n) is 5.16. The predicted octanol–water partition coefficient (Wildman–Crippen LogP) is 1.92. The number of carbonyl (C=O) groups is 1. The molecule has 1 rings (SSSR count). The van der Waals surface area contributed by atoms with Gasteiger partial charge in [0.25, 0.3) is 0 Å². The van der Waals surface area contributed by atoms with E-state index in [0.717, 1.165) is 13.2 Å². The SMILES string of the molecule is CCOCC.O=C(O)c1cccc(CO)c1. The van der Waals surface area contributed by atoms with Crippen molar-refractivity contribution in [2.24, 2.45) is 0 Å². The zero-order valence-electron chi connectivity index (χ0n) is 9.64. The molecular weight excluding hydrogens is 208 g/mol. The summed E-state index contributed by atoms with van der Waals surface area (Å²) in [4.78, 5) is 10.4. The van der Waals surface area contributed by atoms with Crippen LogP contribution in [0.4, 0.5) is 0 Å². The Morgan fingerprint density at radius 1 is 1.31 bits per heavy atom. The maximum Gasteiger partial charge on any atom is 0.335 e. The van der Waals surface area contributed by atoms with Gasteiger partial charge in [0.2, 0.25) is 0 Å². The molecule has 0 saturated carbocycles. The van der Waals surface area contributed by atoms with E-state index in [-0.39, 0.29) is 12.2 Å². The van der Waals surface area contributed by atoms with Crippen molar-refractivity contribution in [2.45, 2.75) is 20.5 Å². The number of rotatable bonds is 4. The molecule has 90 valence electrons. The summed E-state index contributed by atoms with van der Waals surface area (Å²) in [5.41, 5.74) is 0.821. The molecule has 1 aromatic rings. The Hall–Kier alpha value is -1.39. The molecular formula is C12H18O4. The predicted molar refractivity (Wildman–Crippen MR) is 61.5 cm³/mol. The van der Waals surface area contributed by atoms with Crippen LogP contribution >= 0.6 is 0 Å². The molecule has 0 radical (unpaired) electrons. The topological polar surface area (TPSA) is 66.8 Å². The molecule has 0 amide bonds. The van der Waals surface area contributed by atoms with E-state index in [1.807, 2.05) is 13.8 Å². The molecule has 0 saturated heterocycles. The minimum absolute atomic E-state index is 0.124. The summed E-state index contributed by atoms with van der Waals surface area (Å²) in [7, 11) is 0. The van der Waals surface area contributed by atoms with Crippen LogP contribution in [0.3, 0.4) is 0 Å². The van der Waals surface area contributed by atoms with E-state index in [1.165, 1.54) is 12.1 Å². The smallest absolute Gasteiger partial charge is 0.335 e. The normalized spacial score (nSPS) is 9.19. The zero-order valence-corrected chi connectivity index (χ0v) is 9.64. The number of hydrogen-bond acceptors (Lipinski definition) is 3. The number of aliphatic hydroxyl groups is 1. The molecule has 0 unspecified atom stereocenters. The van der Waals surface area contributed by atoms with E-state index in [2.05, 4.69) is 0 Å². The Balaban J connectivity index is 0.000000385. The van der Waals surface area contributed by atoms with Crippen LogP contribution in [0.25, 0.3) is 0 Å². The maximum atomic E-state index is 10.4. The first kappa shape index (κ1) is 14.6. The van der Waals surface area contributed by atoms with E-state index < -0.39 is 5.97 Å². The van der Waals surface area contributed by atoms with Crippen molar-refractivity contribution in [2.75, 3.05) is 13.2 Å². The number of aromatic carboxylic acids is 1. The molecule has 4 nitrogen and oxygen atoms in total. The van der Waals surface area contributed by atoms with E-state index >= 15 is 0 Å². The van der Waals surface area contributed by atoms with Crippen molar-refractivity contribution in [3.63, 3.8) is 0 Å². The quantitative estimate of drug-likeness (QED) is 0.823. The number of carboxylic acid groups (broad SMARTS) is 1. The molecule has 0 fully saturated rings. The minimum atomic E-state index is -0.972. The Bertz CT molecular complexity index is 308. The highest BCUT2D eigenvalue weighted by Gasteiger charge is 2.01. The third-order valence-corrected chi connectivity index (χ3v) is 1.76. The molecule has 4 heteroatoms. The maximum absolute atomic E-state index is 10.4. The van der Waals surface area contributed by atoms with Gasteiger partial charge in [-0.05, 0) is 31.5 Å². The van der Waals surface area contributed by atoms with Crippen LogP contribution in [-0.4, -0.2) is 29.4 Å². The van der Waals surface area contributed by atoms with Gasteiger partial charge in [-0.25, -0.2) is 4.79 Å². The summed E-state index contributed by atoms with van der Waals surface area (Å²) in [5, 5.41) is 17.2. The number of aliphatic hydroxyl groups excluding tert-OH is 1. The zero-order chi connectivity index (χ0) is 12.4. The summed E-state index contributed by atoms with van der Waals surface area (Å²) in [6, 6.07) is 6.21. The second-order valence-corrected chi connectivity index (χ2v) is 2.95. The number of benzene rings is 1. The van der Waals surface area contributed by atoms with Crippen LogP contribution in [0.1, 0.15) is 29.8 Å². The Kier molecular flexibility index (Phi) is 8.11. The molecule has 2 N–H and O–H groups in total. The van der Waals surface area contributed by atoms with Gasteiger partial charge in [-0.3, -0.25) is 0 Å². The lowest BCUT2D eigenvalue weighted by molar-refractivity contribution is 0.0696. The molecule has 0 bridgehead atoms. The first-order valence-corrected chi connectivity index (χ1v) is 5.16. The molecule has 0 aliphatic rings. The van der Waals surface area contributed by atoms with Crippen LogP contribution < -0.4 is 0 Å². The number of ether oxygens (including phenoxy) is 1. The average molecular weight is 226 g/mol. The molecule has 0 aromatic heterocycles. The van der Waals surface area contributed by atoms with Gasteiger partial charge in [-0.1, -0.05) is 12.1 Å². The third-order valence-electron chi connectivity index (χ3n) is 1.76. The standard InChI is InChI=1S/C8H8O3.C4H10O/c9-5-6-2-1-3-7(4-6)8(10)11;1-3-5-4-2/h1-4,9H,5H2,(H,10,11);3-4H2,1-2H3. The highest BCUT2D eigenvalue weighted by Crippen LogP contribution is 2.04. The second kappa shape index (κ2) is 8.88. The highest BCUT2D eigenvalue weighted by atomic mass is 16.5. The number of hydrogen-bond donors (Lipinski definition) is 2. The summed E-state index contributed by atoms with van der Waals surface area (Å²) in [6.45, 7) is 5.54. The van der Waals surface area contributed by atoms with Crippen molar-refractivity contribution in [3.05, 3.63) is 35.4 Å². The van der Waals surface area contributed by atoms with Gasteiger partial charge in [0.15, 0.2) is 0 Å². The lowest BCUT2D eigenvalue weighted by Gasteiger charge is -1.96. The van der Waals surface area contributed by atoms with Gasteiger partial charge in [0.05, 0.1) is 12.2 Å². The van der Waals surface area contributed by atoms with Gasteiger partial charge in [-0.2, -0.15) is 0 Å². The lowest BCUT2D eigenvalue weighted by atomic mass is 10.1. The van der Waals surface area contributed by atoms with Crippen LogP contribution in [0.15, 0.2) is 24.3 Å². The molecule has 0 atom stereocenters. The Morgan fingerprint density at radius 2 is 1.94 bits per heavy atom. The van der Waals surface area contributed by atoms with Crippen molar-refractivity contribution in [1.29, 1.82) is 0 Å².